The molecule has 1 aromatic carbocycles. The number of hydrogen-bond donors (Lipinski definition) is 2. The molecule has 2 rings (SSSR count). The molecule has 21 heavy (non-hydrogen) atoms. The molecule has 0 heterocycles. The largest absolute Gasteiger partial charge is 0.389 e. The number of halogens is 1. The summed E-state index contributed by atoms with van der Waals surface area (Å²) in [6.07, 6.45) is 7.66. The summed E-state index contributed by atoms with van der Waals surface area (Å²) in [7, 11) is 0. The minimum absolute atomic E-state index is 0.0500. The fourth-order valence-corrected chi connectivity index (χ4v) is 3.03. The number of anilines is 1. The number of nitrogens with one attached hydrogen (secondary N) is 1. The topological polar surface area (TPSA) is 55.1 Å². The average molecular weight is 308 g/mol. The third-order valence-corrected chi connectivity index (χ3v) is 4.19. The van der Waals surface area contributed by atoms with E-state index in [-0.39, 0.29) is 10.9 Å². The van der Waals surface area contributed by atoms with Crippen LogP contribution < -0.4 is 11.1 Å². The highest BCUT2D eigenvalue weighted by Gasteiger charge is 2.17. The minimum Gasteiger partial charge on any atom is -0.389 e. The number of carbonyl (C=O) groups is 1. The van der Waals surface area contributed by atoms with Gasteiger partial charge in [0, 0.05) is 12.0 Å². The standard InChI is InChI=1S/C16H21FN2OS/c17-12-7-8-14(13(10-12)16(18)21)19-15(20)9-11-5-3-1-2-4-6-11/h7-8,10-11H,1-6,9H2,(H2,18,21)(H,19,20). The predicted molar refractivity (Wildman–Crippen MR) is 86.7 cm³/mol. The molecule has 3 nitrogen and oxygen atoms in total. The first-order valence-corrected chi connectivity index (χ1v) is 7.86. The SMILES string of the molecule is NC(=S)c1cc(F)ccc1NC(=O)CC1CCCCCC1. The van der Waals surface area contributed by atoms with Crippen LogP contribution in [0.4, 0.5) is 10.1 Å². The summed E-state index contributed by atoms with van der Waals surface area (Å²) in [5.74, 6) is -0.0215. The zero-order valence-corrected chi connectivity index (χ0v) is 12.8. The first-order valence-electron chi connectivity index (χ1n) is 7.45. The molecule has 1 fully saturated rings. The number of benzene rings is 1. The molecule has 3 N–H and O–H groups in total. The van der Waals surface area contributed by atoms with Gasteiger partial charge >= 0.3 is 0 Å². The summed E-state index contributed by atoms with van der Waals surface area (Å²) in [5.41, 5.74) is 6.44. The van der Waals surface area contributed by atoms with Crippen LogP contribution in [0, 0.1) is 11.7 Å². The van der Waals surface area contributed by atoms with Crippen LogP contribution in [-0.2, 0) is 4.79 Å². The van der Waals surface area contributed by atoms with Gasteiger partial charge in [-0.15, -0.1) is 0 Å². The molecular formula is C16H21FN2OS. The van der Waals surface area contributed by atoms with E-state index < -0.39 is 5.82 Å². The molecule has 0 bridgehead atoms. The third-order valence-electron chi connectivity index (χ3n) is 3.97. The number of thiocarbonyl (C=S) groups is 1. The highest BCUT2D eigenvalue weighted by atomic mass is 32.1. The van der Waals surface area contributed by atoms with E-state index in [1.807, 2.05) is 0 Å². The highest BCUT2D eigenvalue weighted by molar-refractivity contribution is 7.80. The Balaban J connectivity index is 2.00. The van der Waals surface area contributed by atoms with Crippen molar-refractivity contribution in [1.82, 2.24) is 0 Å². The second-order valence-corrected chi connectivity index (χ2v) is 6.10. The molecular weight excluding hydrogens is 287 g/mol. The smallest absolute Gasteiger partial charge is 0.224 e. The van der Waals surface area contributed by atoms with E-state index in [0.29, 0.717) is 23.6 Å². The van der Waals surface area contributed by atoms with Crippen LogP contribution in [0.3, 0.4) is 0 Å². The van der Waals surface area contributed by atoms with Crippen LogP contribution >= 0.6 is 12.2 Å². The quantitative estimate of drug-likeness (QED) is 0.658. The van der Waals surface area contributed by atoms with Gasteiger partial charge in [0.15, 0.2) is 0 Å². The van der Waals surface area contributed by atoms with E-state index in [0.717, 1.165) is 12.8 Å². The van der Waals surface area contributed by atoms with E-state index in [1.165, 1.54) is 43.9 Å². The summed E-state index contributed by atoms with van der Waals surface area (Å²) in [5, 5.41) is 2.81. The van der Waals surface area contributed by atoms with Gasteiger partial charge in [0.05, 0.1) is 5.69 Å². The first kappa shape index (κ1) is 15.9. The lowest BCUT2D eigenvalue weighted by atomic mass is 9.96. The minimum atomic E-state index is -0.417. The van der Waals surface area contributed by atoms with Crippen LogP contribution in [-0.4, -0.2) is 10.9 Å². The molecule has 1 aliphatic rings. The second kappa shape index (κ2) is 7.50. The van der Waals surface area contributed by atoms with Crippen LogP contribution in [0.15, 0.2) is 18.2 Å². The lowest BCUT2D eigenvalue weighted by Gasteiger charge is -2.15. The number of hydrogen-bond acceptors (Lipinski definition) is 2. The lowest BCUT2D eigenvalue weighted by Crippen LogP contribution is -2.20. The van der Waals surface area contributed by atoms with Crippen molar-refractivity contribution in [2.45, 2.75) is 44.9 Å². The van der Waals surface area contributed by atoms with Gasteiger partial charge in [-0.25, -0.2) is 4.39 Å². The molecule has 0 aromatic heterocycles. The van der Waals surface area contributed by atoms with E-state index in [1.54, 1.807) is 0 Å². The van der Waals surface area contributed by atoms with Gasteiger partial charge < -0.3 is 11.1 Å². The number of rotatable bonds is 4. The van der Waals surface area contributed by atoms with Crippen molar-refractivity contribution in [3.63, 3.8) is 0 Å². The van der Waals surface area contributed by atoms with Crippen LogP contribution in [0.25, 0.3) is 0 Å². The van der Waals surface area contributed by atoms with Gasteiger partial charge in [-0.2, -0.15) is 0 Å². The number of nitrogens with two attached hydrogens (primary N) is 1. The molecule has 1 amide bonds. The van der Waals surface area contributed by atoms with Crippen molar-refractivity contribution in [3.8, 4) is 0 Å². The summed E-state index contributed by atoms with van der Waals surface area (Å²) in [6.45, 7) is 0. The van der Waals surface area contributed by atoms with Crippen LogP contribution in [0.1, 0.15) is 50.5 Å². The van der Waals surface area contributed by atoms with E-state index in [2.05, 4.69) is 5.32 Å². The van der Waals surface area contributed by atoms with Gasteiger partial charge in [-0.1, -0.05) is 37.9 Å². The van der Waals surface area contributed by atoms with E-state index >= 15 is 0 Å². The van der Waals surface area contributed by atoms with E-state index in [4.69, 9.17) is 18.0 Å². The Labute approximate surface area is 130 Å². The monoisotopic (exact) mass is 308 g/mol. The summed E-state index contributed by atoms with van der Waals surface area (Å²) >= 11 is 4.90. The van der Waals surface area contributed by atoms with Gasteiger partial charge in [0.2, 0.25) is 5.91 Å². The molecule has 5 heteroatoms. The molecule has 1 saturated carbocycles. The fraction of sp³-hybridized carbons (Fsp3) is 0.500. The van der Waals surface area contributed by atoms with Crippen molar-refractivity contribution in [2.75, 3.05) is 5.32 Å². The molecule has 0 unspecified atom stereocenters. The Kier molecular flexibility index (Phi) is 5.67. The highest BCUT2D eigenvalue weighted by Crippen LogP contribution is 2.26. The molecule has 0 radical (unpaired) electrons. The predicted octanol–water partition coefficient (Wildman–Crippen LogP) is 3.76. The lowest BCUT2D eigenvalue weighted by molar-refractivity contribution is -0.117. The maximum absolute atomic E-state index is 13.2. The maximum Gasteiger partial charge on any atom is 0.224 e. The molecule has 114 valence electrons. The zero-order chi connectivity index (χ0) is 15.2. The zero-order valence-electron chi connectivity index (χ0n) is 12.0. The van der Waals surface area contributed by atoms with Gasteiger partial charge in [0.25, 0.3) is 0 Å². The Morgan fingerprint density at radius 3 is 2.57 bits per heavy atom. The molecule has 1 aromatic rings. The summed E-state index contributed by atoms with van der Waals surface area (Å²) in [6, 6.07) is 4.06. The second-order valence-electron chi connectivity index (χ2n) is 5.66. The maximum atomic E-state index is 13.2. The van der Waals surface area contributed by atoms with Gasteiger partial charge in [-0.3, -0.25) is 4.79 Å². The van der Waals surface area contributed by atoms with Crippen molar-refractivity contribution in [2.24, 2.45) is 11.7 Å². The molecule has 0 saturated heterocycles. The molecule has 0 aliphatic heterocycles. The molecule has 1 aliphatic carbocycles. The number of amides is 1. The van der Waals surface area contributed by atoms with Gasteiger partial charge in [0.1, 0.15) is 10.8 Å². The third kappa shape index (κ3) is 4.77. The Morgan fingerprint density at radius 1 is 1.29 bits per heavy atom. The molecule has 0 atom stereocenters. The number of carbonyl (C=O) groups excluding carboxylic acids is 1. The summed E-state index contributed by atoms with van der Waals surface area (Å²) < 4.78 is 13.2. The Hall–Kier alpha value is -1.49. The molecule has 0 spiro atoms. The Bertz CT molecular complexity index is 525. The van der Waals surface area contributed by atoms with Gasteiger partial charge in [-0.05, 0) is 37.0 Å². The summed E-state index contributed by atoms with van der Waals surface area (Å²) in [4.78, 5) is 12.2. The van der Waals surface area contributed by atoms with E-state index in [9.17, 15) is 9.18 Å². The van der Waals surface area contributed by atoms with Crippen LogP contribution in [0.5, 0.6) is 0 Å². The van der Waals surface area contributed by atoms with Crippen molar-refractivity contribution in [1.29, 1.82) is 0 Å². The average Bonchev–Trinajstić information content (AvgIpc) is 2.69. The van der Waals surface area contributed by atoms with Crippen molar-refractivity contribution in [3.05, 3.63) is 29.6 Å². The van der Waals surface area contributed by atoms with Crippen LogP contribution in [0.2, 0.25) is 0 Å². The first-order chi connectivity index (χ1) is 10.1. The normalized spacial score (nSPS) is 16.2. The van der Waals surface area contributed by atoms with Crippen molar-refractivity contribution >= 4 is 28.8 Å². The van der Waals surface area contributed by atoms with Crippen molar-refractivity contribution < 1.29 is 9.18 Å². The fourth-order valence-electron chi connectivity index (χ4n) is 2.86. The Morgan fingerprint density at radius 2 is 1.95 bits per heavy atom.